The molecule has 2 rings (SSSR count). The molecule has 0 unspecified atom stereocenters. The van der Waals surface area contributed by atoms with Gasteiger partial charge in [0.1, 0.15) is 6.33 Å². The van der Waals surface area contributed by atoms with E-state index in [0.717, 1.165) is 19.4 Å². The summed E-state index contributed by atoms with van der Waals surface area (Å²) in [6, 6.07) is 1.78. The van der Waals surface area contributed by atoms with Crippen LogP contribution in [-0.4, -0.2) is 22.4 Å². The molecule has 1 fully saturated rings. The molecule has 1 aliphatic heterocycles. The number of nitrogens with one attached hydrogen (secondary N) is 2. The zero-order valence-electron chi connectivity index (χ0n) is 7.94. The smallest absolute Gasteiger partial charge is 0.234 e. The lowest BCUT2D eigenvalue weighted by Gasteiger charge is -1.96. The molecule has 5 heteroatoms. The molecular formula is C9H14N4O. The minimum Gasteiger partial charge on any atom is -0.292 e. The standard InChI is InChI=1S/C5H10N2O.C4H4N2/c8-5-3-1-2-4-6-7-5;1-2-5-4-6-3-1/h6H,1-4H2,(H,7,8);1-4H. The van der Waals surface area contributed by atoms with Crippen LogP contribution in [0.15, 0.2) is 24.8 Å². The number of hydrogen-bond donors (Lipinski definition) is 2. The minimum atomic E-state index is 0.113. The van der Waals surface area contributed by atoms with Crippen LogP contribution in [-0.2, 0) is 4.79 Å². The fourth-order valence-electron chi connectivity index (χ4n) is 0.976. The van der Waals surface area contributed by atoms with E-state index in [-0.39, 0.29) is 5.91 Å². The van der Waals surface area contributed by atoms with Gasteiger partial charge in [-0.3, -0.25) is 10.2 Å². The fraction of sp³-hybridized carbons (Fsp3) is 0.444. The van der Waals surface area contributed by atoms with E-state index in [1.54, 1.807) is 18.5 Å². The number of hydrogen-bond acceptors (Lipinski definition) is 4. The average Bonchev–Trinajstić information content (AvgIpc) is 2.49. The van der Waals surface area contributed by atoms with Gasteiger partial charge in [0, 0.05) is 25.4 Å². The van der Waals surface area contributed by atoms with Gasteiger partial charge >= 0.3 is 0 Å². The SMILES string of the molecule is O=C1CCCCNN1.c1cncnc1. The summed E-state index contributed by atoms with van der Waals surface area (Å²) in [6.45, 7) is 0.908. The van der Waals surface area contributed by atoms with Gasteiger partial charge in [0.2, 0.25) is 5.91 Å². The van der Waals surface area contributed by atoms with Crippen molar-refractivity contribution in [2.24, 2.45) is 0 Å². The molecular weight excluding hydrogens is 180 g/mol. The van der Waals surface area contributed by atoms with Crippen molar-refractivity contribution in [1.29, 1.82) is 0 Å². The number of aromatic nitrogens is 2. The van der Waals surface area contributed by atoms with E-state index in [2.05, 4.69) is 20.8 Å². The van der Waals surface area contributed by atoms with Crippen molar-refractivity contribution < 1.29 is 4.79 Å². The van der Waals surface area contributed by atoms with Crippen LogP contribution in [0.1, 0.15) is 19.3 Å². The third-order valence-corrected chi connectivity index (χ3v) is 1.66. The molecule has 1 aliphatic rings. The number of nitrogens with zero attached hydrogens (tertiary/aromatic N) is 2. The van der Waals surface area contributed by atoms with Gasteiger partial charge in [-0.15, -0.1) is 0 Å². The number of rotatable bonds is 0. The molecule has 1 saturated heterocycles. The Kier molecular flexibility index (Phi) is 5.27. The Morgan fingerprint density at radius 2 is 2.00 bits per heavy atom. The van der Waals surface area contributed by atoms with Crippen LogP contribution in [0.5, 0.6) is 0 Å². The summed E-state index contributed by atoms with van der Waals surface area (Å²) >= 11 is 0. The van der Waals surface area contributed by atoms with Crippen molar-refractivity contribution in [2.75, 3.05) is 6.54 Å². The van der Waals surface area contributed by atoms with E-state index in [9.17, 15) is 4.79 Å². The van der Waals surface area contributed by atoms with Crippen molar-refractivity contribution in [1.82, 2.24) is 20.8 Å². The second-order valence-corrected chi connectivity index (χ2v) is 2.84. The molecule has 0 aromatic carbocycles. The third-order valence-electron chi connectivity index (χ3n) is 1.66. The fourth-order valence-corrected chi connectivity index (χ4v) is 0.976. The summed E-state index contributed by atoms with van der Waals surface area (Å²) in [6.07, 6.45) is 7.66. The molecule has 1 aromatic heterocycles. The van der Waals surface area contributed by atoms with Crippen molar-refractivity contribution >= 4 is 5.91 Å². The molecule has 5 nitrogen and oxygen atoms in total. The maximum Gasteiger partial charge on any atom is 0.234 e. The van der Waals surface area contributed by atoms with E-state index in [1.165, 1.54) is 6.33 Å². The van der Waals surface area contributed by atoms with Crippen LogP contribution in [0.25, 0.3) is 0 Å². The zero-order valence-corrected chi connectivity index (χ0v) is 7.94. The monoisotopic (exact) mass is 194 g/mol. The summed E-state index contributed by atoms with van der Waals surface area (Å²) < 4.78 is 0. The van der Waals surface area contributed by atoms with E-state index < -0.39 is 0 Å². The van der Waals surface area contributed by atoms with Gasteiger partial charge in [0.05, 0.1) is 0 Å². The highest BCUT2D eigenvalue weighted by Gasteiger charge is 2.02. The molecule has 14 heavy (non-hydrogen) atoms. The van der Waals surface area contributed by atoms with E-state index in [4.69, 9.17) is 0 Å². The molecule has 0 radical (unpaired) electrons. The van der Waals surface area contributed by atoms with E-state index in [0.29, 0.717) is 6.42 Å². The number of carbonyl (C=O) groups is 1. The largest absolute Gasteiger partial charge is 0.292 e. The number of carbonyl (C=O) groups excluding carboxylic acids is 1. The first-order chi connectivity index (χ1) is 6.89. The maximum absolute atomic E-state index is 10.5. The second kappa shape index (κ2) is 6.97. The molecule has 0 saturated carbocycles. The molecule has 0 spiro atoms. The van der Waals surface area contributed by atoms with Gasteiger partial charge in [0.25, 0.3) is 0 Å². The lowest BCUT2D eigenvalue weighted by molar-refractivity contribution is -0.121. The summed E-state index contributed by atoms with van der Waals surface area (Å²) in [5, 5.41) is 0. The number of amides is 1. The topological polar surface area (TPSA) is 66.9 Å². The molecule has 0 aliphatic carbocycles. The summed E-state index contributed by atoms with van der Waals surface area (Å²) in [5.74, 6) is 0.113. The first-order valence-corrected chi connectivity index (χ1v) is 4.61. The maximum atomic E-state index is 10.5. The first-order valence-electron chi connectivity index (χ1n) is 4.61. The molecule has 76 valence electrons. The molecule has 2 heterocycles. The van der Waals surface area contributed by atoms with Crippen LogP contribution in [0, 0.1) is 0 Å². The van der Waals surface area contributed by atoms with Gasteiger partial charge in [0.15, 0.2) is 0 Å². The predicted molar refractivity (Wildman–Crippen MR) is 52.0 cm³/mol. The Labute approximate surface area is 82.9 Å². The summed E-state index contributed by atoms with van der Waals surface area (Å²) in [4.78, 5) is 17.9. The Morgan fingerprint density at radius 1 is 1.21 bits per heavy atom. The van der Waals surface area contributed by atoms with Gasteiger partial charge in [-0.2, -0.15) is 0 Å². The highest BCUT2D eigenvalue weighted by Crippen LogP contribution is 1.95. The van der Waals surface area contributed by atoms with Gasteiger partial charge in [-0.05, 0) is 18.9 Å². The van der Waals surface area contributed by atoms with Crippen molar-refractivity contribution in [3.63, 3.8) is 0 Å². The van der Waals surface area contributed by atoms with Crippen molar-refractivity contribution in [3.05, 3.63) is 24.8 Å². The van der Waals surface area contributed by atoms with Crippen LogP contribution in [0.3, 0.4) is 0 Å². The lowest BCUT2D eigenvalue weighted by Crippen LogP contribution is -2.35. The Bertz CT molecular complexity index is 216. The Morgan fingerprint density at radius 3 is 2.57 bits per heavy atom. The minimum absolute atomic E-state index is 0.113. The number of hydrazine groups is 1. The molecule has 0 bridgehead atoms. The second-order valence-electron chi connectivity index (χ2n) is 2.84. The van der Waals surface area contributed by atoms with Crippen molar-refractivity contribution in [3.8, 4) is 0 Å². The highest BCUT2D eigenvalue weighted by molar-refractivity contribution is 5.75. The normalized spacial score (nSPS) is 15.9. The van der Waals surface area contributed by atoms with Crippen LogP contribution in [0.4, 0.5) is 0 Å². The van der Waals surface area contributed by atoms with E-state index in [1.807, 2.05) is 0 Å². The van der Waals surface area contributed by atoms with Crippen molar-refractivity contribution in [2.45, 2.75) is 19.3 Å². The van der Waals surface area contributed by atoms with Crippen LogP contribution < -0.4 is 10.9 Å². The highest BCUT2D eigenvalue weighted by atomic mass is 16.2. The zero-order chi connectivity index (χ0) is 10.1. The predicted octanol–water partition coefficient (Wildman–Crippen LogP) is 0.268. The van der Waals surface area contributed by atoms with Gasteiger partial charge < -0.3 is 0 Å². The first kappa shape index (κ1) is 10.6. The van der Waals surface area contributed by atoms with Gasteiger partial charge in [-0.25, -0.2) is 15.4 Å². The Balaban J connectivity index is 0.000000146. The summed E-state index contributed by atoms with van der Waals surface area (Å²) in [5.41, 5.74) is 5.35. The van der Waals surface area contributed by atoms with Crippen LogP contribution in [0.2, 0.25) is 0 Å². The molecule has 1 amide bonds. The van der Waals surface area contributed by atoms with Gasteiger partial charge in [-0.1, -0.05) is 0 Å². The molecule has 1 aromatic rings. The lowest BCUT2D eigenvalue weighted by atomic mass is 10.2. The van der Waals surface area contributed by atoms with Crippen LogP contribution >= 0.6 is 0 Å². The summed E-state index contributed by atoms with van der Waals surface area (Å²) in [7, 11) is 0. The quantitative estimate of drug-likeness (QED) is 0.622. The Hall–Kier alpha value is -1.49. The van der Waals surface area contributed by atoms with E-state index >= 15 is 0 Å². The molecule has 2 N–H and O–H groups in total. The molecule has 0 atom stereocenters. The third kappa shape index (κ3) is 5.21. The average molecular weight is 194 g/mol.